The topological polar surface area (TPSA) is 0 Å². The van der Waals surface area contributed by atoms with Crippen LogP contribution in [0.25, 0.3) is 0 Å². The first kappa shape index (κ1) is 8.35. The molecule has 1 aliphatic carbocycles. The highest BCUT2D eigenvalue weighted by Crippen LogP contribution is 2.27. The zero-order valence-corrected chi connectivity index (χ0v) is 8.39. The number of allylic oxidation sites excluding steroid dienone is 4. The van der Waals surface area contributed by atoms with Gasteiger partial charge in [-0.1, -0.05) is 49.0 Å². The van der Waals surface area contributed by atoms with Gasteiger partial charge in [0.2, 0.25) is 0 Å². The number of hydrogen-bond donors (Lipinski definition) is 0. The zero-order valence-electron chi connectivity index (χ0n) is 7.39. The molecule has 0 nitrogen and oxygen atoms in total. The largest absolute Gasteiger partial charge is 0.119 e. The van der Waals surface area contributed by atoms with Crippen molar-refractivity contribution in [2.24, 2.45) is 5.92 Å². The highest BCUT2D eigenvalue weighted by molar-refractivity contribution is 6.83. The number of hydrogen-bond acceptors (Lipinski definition) is 0. The fraction of sp³-hybridized carbons (Fsp3) is 0.400. The van der Waals surface area contributed by atoms with Crippen LogP contribution in [0.3, 0.4) is 0 Å². The first-order valence-corrected chi connectivity index (χ1v) is 7.40. The summed E-state index contributed by atoms with van der Waals surface area (Å²) in [5, 5.41) is 1.49. The standard InChI is InChI=1S/C10H14Si/c1-5-9-7-6-8-10(9)11(2,3)4/h1,6-9H,2-4H3. The van der Waals surface area contributed by atoms with E-state index in [2.05, 4.69) is 43.8 Å². The van der Waals surface area contributed by atoms with Gasteiger partial charge in [0.25, 0.3) is 0 Å². The number of rotatable bonds is 1. The molecule has 0 bridgehead atoms. The summed E-state index contributed by atoms with van der Waals surface area (Å²) in [4.78, 5) is 0. The molecule has 0 fully saturated rings. The van der Waals surface area contributed by atoms with Gasteiger partial charge in [0, 0.05) is 0 Å². The van der Waals surface area contributed by atoms with Crippen molar-refractivity contribution in [2.75, 3.05) is 0 Å². The maximum absolute atomic E-state index is 5.40. The van der Waals surface area contributed by atoms with Gasteiger partial charge in [-0.05, 0) is 0 Å². The predicted molar refractivity (Wildman–Crippen MR) is 52.9 cm³/mol. The van der Waals surface area contributed by atoms with E-state index in [1.807, 2.05) is 0 Å². The van der Waals surface area contributed by atoms with Crippen molar-refractivity contribution in [3.05, 3.63) is 23.4 Å². The van der Waals surface area contributed by atoms with Gasteiger partial charge in [-0.15, -0.1) is 6.42 Å². The summed E-state index contributed by atoms with van der Waals surface area (Å²) in [6.45, 7) is 6.99. The van der Waals surface area contributed by atoms with Gasteiger partial charge in [-0.25, -0.2) is 0 Å². The molecule has 0 aromatic rings. The minimum Gasteiger partial charge on any atom is -0.119 e. The van der Waals surface area contributed by atoms with Gasteiger partial charge in [0.15, 0.2) is 0 Å². The third-order valence-corrected chi connectivity index (χ3v) is 4.17. The SMILES string of the molecule is C#CC1C=CC=C1[Si](C)(C)C. The molecule has 1 aliphatic rings. The van der Waals surface area contributed by atoms with E-state index in [4.69, 9.17) is 6.42 Å². The normalized spacial score (nSPS) is 23.1. The molecular weight excluding hydrogens is 148 g/mol. The Morgan fingerprint density at radius 3 is 2.45 bits per heavy atom. The minimum absolute atomic E-state index is 0.293. The molecule has 58 valence electrons. The average molecular weight is 162 g/mol. The Kier molecular flexibility index (Phi) is 2.06. The molecule has 0 radical (unpaired) electrons. The Hall–Kier alpha value is -0.743. The lowest BCUT2D eigenvalue weighted by Gasteiger charge is -2.21. The van der Waals surface area contributed by atoms with E-state index in [9.17, 15) is 0 Å². The van der Waals surface area contributed by atoms with Crippen LogP contribution in [-0.4, -0.2) is 8.07 Å². The van der Waals surface area contributed by atoms with E-state index < -0.39 is 8.07 Å². The molecule has 0 aromatic heterocycles. The lowest BCUT2D eigenvalue weighted by atomic mass is 10.2. The summed E-state index contributed by atoms with van der Waals surface area (Å²) in [7, 11) is -1.15. The van der Waals surface area contributed by atoms with E-state index in [0.717, 1.165) is 0 Å². The van der Waals surface area contributed by atoms with E-state index in [1.165, 1.54) is 5.20 Å². The van der Waals surface area contributed by atoms with E-state index in [1.54, 1.807) is 0 Å². The molecule has 0 aromatic carbocycles. The van der Waals surface area contributed by atoms with Crippen LogP contribution in [0.2, 0.25) is 19.6 Å². The summed E-state index contributed by atoms with van der Waals surface area (Å²) in [5.74, 6) is 3.09. The van der Waals surface area contributed by atoms with Gasteiger partial charge in [-0.2, -0.15) is 0 Å². The molecule has 1 rings (SSSR count). The van der Waals surface area contributed by atoms with Crippen molar-refractivity contribution in [3.8, 4) is 12.3 Å². The van der Waals surface area contributed by atoms with Crippen LogP contribution in [0, 0.1) is 18.3 Å². The van der Waals surface area contributed by atoms with Gasteiger partial charge < -0.3 is 0 Å². The predicted octanol–water partition coefficient (Wildman–Crippen LogP) is 2.61. The van der Waals surface area contributed by atoms with Crippen LogP contribution >= 0.6 is 0 Å². The summed E-state index contributed by atoms with van der Waals surface area (Å²) < 4.78 is 0. The maximum Gasteiger partial charge on any atom is 0.0744 e. The summed E-state index contributed by atoms with van der Waals surface area (Å²) in [5.41, 5.74) is 0. The van der Waals surface area contributed by atoms with Crippen molar-refractivity contribution in [3.63, 3.8) is 0 Å². The van der Waals surface area contributed by atoms with E-state index in [0.29, 0.717) is 5.92 Å². The fourth-order valence-corrected chi connectivity index (χ4v) is 3.05. The molecule has 0 amide bonds. The van der Waals surface area contributed by atoms with Crippen molar-refractivity contribution in [1.29, 1.82) is 0 Å². The molecule has 0 saturated carbocycles. The van der Waals surface area contributed by atoms with Crippen LogP contribution < -0.4 is 0 Å². The molecule has 0 heterocycles. The van der Waals surface area contributed by atoms with Crippen LogP contribution in [-0.2, 0) is 0 Å². The summed E-state index contributed by atoms with van der Waals surface area (Å²) in [6.07, 6.45) is 11.8. The van der Waals surface area contributed by atoms with Crippen LogP contribution in [0.4, 0.5) is 0 Å². The maximum atomic E-state index is 5.40. The Bertz CT molecular complexity index is 245. The second-order valence-electron chi connectivity index (χ2n) is 3.90. The van der Waals surface area contributed by atoms with Gasteiger partial charge >= 0.3 is 0 Å². The van der Waals surface area contributed by atoms with Gasteiger partial charge in [0.1, 0.15) is 0 Å². The lowest BCUT2D eigenvalue weighted by Crippen LogP contribution is -2.26. The fourth-order valence-electron chi connectivity index (χ4n) is 1.34. The minimum atomic E-state index is -1.15. The van der Waals surface area contributed by atoms with Crippen LogP contribution in [0.5, 0.6) is 0 Å². The number of terminal acetylenes is 1. The Balaban J connectivity index is 2.87. The Labute approximate surface area is 70.0 Å². The smallest absolute Gasteiger partial charge is 0.0744 e. The van der Waals surface area contributed by atoms with Crippen LogP contribution in [0.1, 0.15) is 0 Å². The quantitative estimate of drug-likeness (QED) is 0.411. The van der Waals surface area contributed by atoms with Crippen LogP contribution in [0.15, 0.2) is 23.4 Å². The third kappa shape index (κ3) is 1.64. The monoisotopic (exact) mass is 162 g/mol. The van der Waals surface area contributed by atoms with E-state index >= 15 is 0 Å². The molecule has 0 aliphatic heterocycles. The third-order valence-electron chi connectivity index (χ3n) is 1.96. The molecule has 1 unspecified atom stereocenters. The summed E-state index contributed by atoms with van der Waals surface area (Å²) >= 11 is 0. The molecule has 11 heavy (non-hydrogen) atoms. The second kappa shape index (κ2) is 2.71. The van der Waals surface area contributed by atoms with E-state index in [-0.39, 0.29) is 0 Å². The molecular formula is C10H14Si. The molecule has 1 atom stereocenters. The highest BCUT2D eigenvalue weighted by Gasteiger charge is 2.25. The molecule has 1 heteroatoms. The molecule has 0 N–H and O–H groups in total. The lowest BCUT2D eigenvalue weighted by molar-refractivity contribution is 1.10. The second-order valence-corrected chi connectivity index (χ2v) is 8.98. The molecule has 0 spiro atoms. The van der Waals surface area contributed by atoms with Crippen molar-refractivity contribution in [1.82, 2.24) is 0 Å². The van der Waals surface area contributed by atoms with Crippen molar-refractivity contribution < 1.29 is 0 Å². The molecule has 0 saturated heterocycles. The first-order valence-electron chi connectivity index (χ1n) is 3.90. The van der Waals surface area contributed by atoms with Gasteiger partial charge in [0.05, 0.1) is 14.0 Å². The average Bonchev–Trinajstić information content (AvgIpc) is 2.31. The highest BCUT2D eigenvalue weighted by atomic mass is 28.3. The first-order chi connectivity index (χ1) is 5.05. The van der Waals surface area contributed by atoms with Crippen molar-refractivity contribution in [2.45, 2.75) is 19.6 Å². The van der Waals surface area contributed by atoms with Crippen molar-refractivity contribution >= 4 is 8.07 Å². The summed E-state index contributed by atoms with van der Waals surface area (Å²) in [6, 6.07) is 0. The Morgan fingerprint density at radius 2 is 2.09 bits per heavy atom. The van der Waals surface area contributed by atoms with Gasteiger partial charge in [-0.3, -0.25) is 0 Å². The Morgan fingerprint density at radius 1 is 1.45 bits per heavy atom. The zero-order chi connectivity index (χ0) is 8.48.